The van der Waals surface area contributed by atoms with E-state index in [9.17, 15) is 4.79 Å². The predicted molar refractivity (Wildman–Crippen MR) is 58.4 cm³/mol. The van der Waals surface area contributed by atoms with Gasteiger partial charge in [0, 0.05) is 26.2 Å². The molecule has 14 heavy (non-hydrogen) atoms. The molecule has 1 amide bonds. The van der Waals surface area contributed by atoms with Crippen LogP contribution in [0.2, 0.25) is 0 Å². The number of amides is 1. The highest BCUT2D eigenvalue weighted by Crippen LogP contribution is 2.06. The predicted octanol–water partition coefficient (Wildman–Crippen LogP) is -1.53. The minimum absolute atomic E-state index is 0. The minimum atomic E-state index is 0. The third-order valence-electron chi connectivity index (χ3n) is 2.45. The van der Waals surface area contributed by atoms with Gasteiger partial charge in [-0.2, -0.15) is 0 Å². The Balaban J connectivity index is 0.00000169. The lowest BCUT2D eigenvalue weighted by molar-refractivity contribution is -0.134. The maximum atomic E-state index is 11.4. The number of nitrogens with zero attached hydrogens (tertiary/aromatic N) is 2. The molecule has 0 spiro atoms. The van der Waals surface area contributed by atoms with Gasteiger partial charge in [0.25, 0.3) is 0 Å². The van der Waals surface area contributed by atoms with E-state index in [1.165, 1.54) is 0 Å². The monoisotopic (exact) mass is 222 g/mol. The van der Waals surface area contributed by atoms with Crippen molar-refractivity contribution in [1.82, 2.24) is 9.80 Å². The Morgan fingerprint density at radius 3 is 2.57 bits per heavy atom. The molecule has 0 aliphatic carbocycles. The molecule has 1 fully saturated rings. The lowest BCUT2D eigenvalue weighted by Gasteiger charge is -2.39. The van der Waals surface area contributed by atoms with Crippen molar-refractivity contribution >= 4 is 18.3 Å². The molecule has 0 saturated carbocycles. The topological polar surface area (TPSA) is 75.6 Å². The van der Waals surface area contributed by atoms with E-state index >= 15 is 0 Å². The van der Waals surface area contributed by atoms with Crippen LogP contribution in [0.5, 0.6) is 0 Å². The molecule has 6 heteroatoms. The highest BCUT2D eigenvalue weighted by atomic mass is 35.5. The van der Waals surface area contributed by atoms with Crippen molar-refractivity contribution in [3.8, 4) is 0 Å². The summed E-state index contributed by atoms with van der Waals surface area (Å²) in [7, 11) is 2.03. The Morgan fingerprint density at radius 1 is 1.43 bits per heavy atom. The fourth-order valence-corrected chi connectivity index (χ4v) is 1.66. The summed E-state index contributed by atoms with van der Waals surface area (Å²) in [5.41, 5.74) is 10.9. The van der Waals surface area contributed by atoms with Gasteiger partial charge in [-0.3, -0.25) is 4.79 Å². The van der Waals surface area contributed by atoms with Crippen LogP contribution in [0.3, 0.4) is 0 Å². The molecule has 1 aliphatic rings. The molecule has 1 heterocycles. The first-order valence-corrected chi connectivity index (χ1v) is 4.57. The highest BCUT2D eigenvalue weighted by molar-refractivity contribution is 5.85. The van der Waals surface area contributed by atoms with Gasteiger partial charge in [0.1, 0.15) is 0 Å². The van der Waals surface area contributed by atoms with Crippen molar-refractivity contribution in [3.63, 3.8) is 0 Å². The molecule has 1 aliphatic heterocycles. The number of carbonyl (C=O) groups excluding carboxylic acids is 1. The fraction of sp³-hybridized carbons (Fsp3) is 0.875. The van der Waals surface area contributed by atoms with Crippen LogP contribution in [-0.4, -0.2) is 61.5 Å². The van der Waals surface area contributed by atoms with Crippen molar-refractivity contribution < 1.29 is 4.79 Å². The van der Waals surface area contributed by atoms with Gasteiger partial charge in [-0.15, -0.1) is 12.4 Å². The van der Waals surface area contributed by atoms with E-state index in [1.54, 1.807) is 4.90 Å². The second kappa shape index (κ2) is 6.19. The molecular formula is C8H19ClN4O. The Bertz CT molecular complexity index is 190. The van der Waals surface area contributed by atoms with Crippen molar-refractivity contribution in [1.29, 1.82) is 0 Å². The molecule has 0 aromatic heterocycles. The van der Waals surface area contributed by atoms with Gasteiger partial charge in [0.05, 0.1) is 12.6 Å². The van der Waals surface area contributed by atoms with Crippen LogP contribution in [-0.2, 0) is 4.79 Å². The van der Waals surface area contributed by atoms with Crippen molar-refractivity contribution in [2.24, 2.45) is 11.5 Å². The van der Waals surface area contributed by atoms with Gasteiger partial charge < -0.3 is 21.3 Å². The van der Waals surface area contributed by atoms with Crippen molar-refractivity contribution in [2.45, 2.75) is 6.04 Å². The first kappa shape index (κ1) is 13.6. The summed E-state index contributed by atoms with van der Waals surface area (Å²) >= 11 is 0. The average Bonchev–Trinajstić information content (AvgIpc) is 2.16. The first-order chi connectivity index (χ1) is 6.19. The minimum Gasteiger partial charge on any atom is -0.335 e. The molecular weight excluding hydrogens is 204 g/mol. The Hall–Kier alpha value is -0.360. The number of hydrogen-bond donors (Lipinski definition) is 2. The average molecular weight is 223 g/mol. The highest BCUT2D eigenvalue weighted by Gasteiger charge is 2.26. The molecule has 1 atom stereocenters. The number of carbonyl (C=O) groups is 1. The van der Waals surface area contributed by atoms with Gasteiger partial charge in [-0.1, -0.05) is 0 Å². The smallest absolute Gasteiger partial charge is 0.236 e. The van der Waals surface area contributed by atoms with Gasteiger partial charge in [-0.05, 0) is 7.05 Å². The van der Waals surface area contributed by atoms with Gasteiger partial charge >= 0.3 is 0 Å². The van der Waals surface area contributed by atoms with E-state index in [4.69, 9.17) is 11.5 Å². The van der Waals surface area contributed by atoms with Gasteiger partial charge in [0.15, 0.2) is 0 Å². The molecule has 84 valence electrons. The van der Waals surface area contributed by atoms with E-state index in [0.29, 0.717) is 6.54 Å². The van der Waals surface area contributed by atoms with Crippen LogP contribution in [0.4, 0.5) is 0 Å². The SMILES string of the molecule is CN1CCN(C(=O)CN)C(CN)C1.Cl. The molecule has 1 rings (SSSR count). The van der Waals surface area contributed by atoms with E-state index in [2.05, 4.69) is 4.90 Å². The van der Waals surface area contributed by atoms with E-state index in [-0.39, 0.29) is 30.9 Å². The van der Waals surface area contributed by atoms with E-state index in [0.717, 1.165) is 19.6 Å². The number of nitrogens with two attached hydrogens (primary N) is 2. The van der Waals surface area contributed by atoms with E-state index in [1.807, 2.05) is 7.05 Å². The Morgan fingerprint density at radius 2 is 2.07 bits per heavy atom. The van der Waals surface area contributed by atoms with Crippen LogP contribution in [0.15, 0.2) is 0 Å². The number of likely N-dealkylation sites (N-methyl/N-ethyl adjacent to an activating group) is 1. The summed E-state index contributed by atoms with van der Waals surface area (Å²) in [5, 5.41) is 0. The lowest BCUT2D eigenvalue weighted by Crippen LogP contribution is -2.57. The molecule has 1 unspecified atom stereocenters. The fourth-order valence-electron chi connectivity index (χ4n) is 1.66. The Kier molecular flexibility index (Phi) is 6.03. The molecule has 0 bridgehead atoms. The number of piperazine rings is 1. The zero-order valence-electron chi connectivity index (χ0n) is 8.48. The summed E-state index contributed by atoms with van der Waals surface area (Å²) in [4.78, 5) is 15.3. The molecule has 0 aromatic rings. The maximum absolute atomic E-state index is 11.4. The van der Waals surface area contributed by atoms with Gasteiger partial charge in [0.2, 0.25) is 5.91 Å². The molecule has 4 N–H and O–H groups in total. The molecule has 1 saturated heterocycles. The van der Waals surface area contributed by atoms with Crippen LogP contribution in [0.1, 0.15) is 0 Å². The summed E-state index contributed by atoms with van der Waals surface area (Å²) in [6, 6.07) is 0.134. The summed E-state index contributed by atoms with van der Waals surface area (Å²) in [6.45, 7) is 3.09. The van der Waals surface area contributed by atoms with Crippen LogP contribution >= 0.6 is 12.4 Å². The largest absolute Gasteiger partial charge is 0.335 e. The molecule has 0 radical (unpaired) electrons. The lowest BCUT2D eigenvalue weighted by atomic mass is 10.1. The molecule has 0 aromatic carbocycles. The normalized spacial score (nSPS) is 23.1. The van der Waals surface area contributed by atoms with Crippen LogP contribution in [0, 0.1) is 0 Å². The summed E-state index contributed by atoms with van der Waals surface area (Å²) in [5.74, 6) is 0.00329. The van der Waals surface area contributed by atoms with E-state index < -0.39 is 0 Å². The van der Waals surface area contributed by atoms with Crippen molar-refractivity contribution in [2.75, 3.05) is 39.8 Å². The number of rotatable bonds is 2. The number of halogens is 1. The summed E-state index contributed by atoms with van der Waals surface area (Å²) < 4.78 is 0. The third kappa shape index (κ3) is 3.09. The quantitative estimate of drug-likeness (QED) is 0.595. The number of hydrogen-bond acceptors (Lipinski definition) is 4. The second-order valence-corrected chi connectivity index (χ2v) is 3.44. The Labute approximate surface area is 90.8 Å². The standard InChI is InChI=1S/C8H18N4O.ClH/c1-11-2-3-12(8(13)5-10)7(4-9)6-11;/h7H,2-6,9-10H2,1H3;1H. The second-order valence-electron chi connectivity index (χ2n) is 3.44. The third-order valence-corrected chi connectivity index (χ3v) is 2.45. The van der Waals surface area contributed by atoms with Crippen molar-refractivity contribution in [3.05, 3.63) is 0 Å². The van der Waals surface area contributed by atoms with Crippen LogP contribution < -0.4 is 11.5 Å². The zero-order chi connectivity index (χ0) is 9.84. The first-order valence-electron chi connectivity index (χ1n) is 4.57. The zero-order valence-corrected chi connectivity index (χ0v) is 9.30. The van der Waals surface area contributed by atoms with Gasteiger partial charge in [-0.25, -0.2) is 0 Å². The molecule has 5 nitrogen and oxygen atoms in total. The summed E-state index contributed by atoms with van der Waals surface area (Å²) in [6.07, 6.45) is 0. The maximum Gasteiger partial charge on any atom is 0.236 e. The van der Waals surface area contributed by atoms with Crippen LogP contribution in [0.25, 0.3) is 0 Å².